The molecule has 0 radical (unpaired) electrons. The van der Waals surface area contributed by atoms with Gasteiger partial charge in [0.05, 0.1) is 12.7 Å². The van der Waals surface area contributed by atoms with Crippen molar-refractivity contribution in [3.63, 3.8) is 0 Å². The Morgan fingerprint density at radius 1 is 1.30 bits per heavy atom. The molecular formula is C17H25N3O3. The molecule has 0 aromatic heterocycles. The van der Waals surface area contributed by atoms with Gasteiger partial charge in [-0.15, -0.1) is 0 Å². The molecule has 0 saturated carbocycles. The topological polar surface area (TPSA) is 84.7 Å². The smallest absolute Gasteiger partial charge is 0.251 e. The number of primary amides is 1. The lowest BCUT2D eigenvalue weighted by atomic mass is 10.1. The number of benzene rings is 1. The van der Waals surface area contributed by atoms with Gasteiger partial charge in [-0.05, 0) is 30.2 Å². The van der Waals surface area contributed by atoms with Gasteiger partial charge in [-0.1, -0.05) is 13.8 Å². The predicted octanol–water partition coefficient (Wildman–Crippen LogP) is 0.872. The van der Waals surface area contributed by atoms with Crippen LogP contribution in [0.5, 0.6) is 0 Å². The summed E-state index contributed by atoms with van der Waals surface area (Å²) in [6.07, 6.45) is 0.0105. The third-order valence-electron chi connectivity index (χ3n) is 3.77. The van der Waals surface area contributed by atoms with Crippen molar-refractivity contribution in [1.82, 2.24) is 10.2 Å². The largest absolute Gasteiger partial charge is 0.374 e. The normalized spacial score (nSPS) is 18.8. The van der Waals surface area contributed by atoms with Crippen LogP contribution >= 0.6 is 0 Å². The van der Waals surface area contributed by atoms with Gasteiger partial charge in [0.2, 0.25) is 5.91 Å². The fourth-order valence-corrected chi connectivity index (χ4v) is 2.68. The zero-order valence-electron chi connectivity index (χ0n) is 13.7. The molecule has 0 aliphatic carbocycles. The van der Waals surface area contributed by atoms with Gasteiger partial charge in [0.1, 0.15) is 0 Å². The standard InChI is InChI=1S/C17H25N3O3/c1-12(2)10-20-7-8-23-15(11-20)9-19-17(22)14-5-3-13(4-6-14)16(18)21/h3-6,12,15H,7-11H2,1-2H3,(H2,18,21)(H,19,22). The van der Waals surface area contributed by atoms with E-state index in [0.29, 0.717) is 30.2 Å². The Morgan fingerprint density at radius 2 is 1.96 bits per heavy atom. The number of carbonyl (C=O) groups excluding carboxylic acids is 2. The van der Waals surface area contributed by atoms with Crippen LogP contribution in [0.15, 0.2) is 24.3 Å². The first-order valence-corrected chi connectivity index (χ1v) is 7.97. The lowest BCUT2D eigenvalue weighted by Crippen LogP contribution is -2.48. The van der Waals surface area contributed by atoms with Gasteiger partial charge in [-0.25, -0.2) is 0 Å². The summed E-state index contributed by atoms with van der Waals surface area (Å²) in [6.45, 7) is 8.38. The Morgan fingerprint density at radius 3 is 2.57 bits per heavy atom. The lowest BCUT2D eigenvalue weighted by molar-refractivity contribution is -0.0295. The van der Waals surface area contributed by atoms with Gasteiger partial charge in [-0.2, -0.15) is 0 Å². The number of carbonyl (C=O) groups is 2. The second-order valence-electron chi connectivity index (χ2n) is 6.30. The van der Waals surface area contributed by atoms with Crippen LogP contribution in [0.2, 0.25) is 0 Å². The predicted molar refractivity (Wildman–Crippen MR) is 88.3 cm³/mol. The molecule has 126 valence electrons. The summed E-state index contributed by atoms with van der Waals surface area (Å²) in [4.78, 5) is 25.5. The summed E-state index contributed by atoms with van der Waals surface area (Å²) in [7, 11) is 0. The van der Waals surface area contributed by atoms with Gasteiger partial charge in [-0.3, -0.25) is 14.5 Å². The molecule has 1 fully saturated rings. The van der Waals surface area contributed by atoms with Crippen LogP contribution in [0, 0.1) is 5.92 Å². The highest BCUT2D eigenvalue weighted by Gasteiger charge is 2.21. The molecule has 1 unspecified atom stereocenters. The molecule has 1 atom stereocenters. The highest BCUT2D eigenvalue weighted by Crippen LogP contribution is 2.08. The number of nitrogens with zero attached hydrogens (tertiary/aromatic N) is 1. The molecule has 1 aliphatic rings. The van der Waals surface area contributed by atoms with Crippen molar-refractivity contribution >= 4 is 11.8 Å². The van der Waals surface area contributed by atoms with Gasteiger partial charge in [0, 0.05) is 37.3 Å². The Kier molecular flexibility index (Phi) is 6.12. The maximum atomic E-state index is 12.1. The zero-order valence-corrected chi connectivity index (χ0v) is 13.7. The van der Waals surface area contributed by atoms with Crippen molar-refractivity contribution in [3.8, 4) is 0 Å². The molecule has 1 aromatic carbocycles. The summed E-state index contributed by atoms with van der Waals surface area (Å²) in [6, 6.07) is 6.31. The van der Waals surface area contributed by atoms with Crippen LogP contribution in [0.4, 0.5) is 0 Å². The number of ether oxygens (including phenoxy) is 1. The average molecular weight is 319 g/mol. The van der Waals surface area contributed by atoms with Crippen molar-refractivity contribution in [3.05, 3.63) is 35.4 Å². The molecule has 0 bridgehead atoms. The molecule has 1 aromatic rings. The fourth-order valence-electron chi connectivity index (χ4n) is 2.68. The number of hydrogen-bond acceptors (Lipinski definition) is 4. The highest BCUT2D eigenvalue weighted by atomic mass is 16.5. The van der Waals surface area contributed by atoms with Crippen molar-refractivity contribution in [2.75, 3.05) is 32.8 Å². The van der Waals surface area contributed by atoms with E-state index in [1.807, 2.05) is 0 Å². The maximum Gasteiger partial charge on any atom is 0.251 e. The van der Waals surface area contributed by atoms with Crippen molar-refractivity contribution in [2.45, 2.75) is 20.0 Å². The molecular weight excluding hydrogens is 294 g/mol. The van der Waals surface area contributed by atoms with Gasteiger partial charge in [0.25, 0.3) is 5.91 Å². The van der Waals surface area contributed by atoms with Crippen LogP contribution < -0.4 is 11.1 Å². The minimum Gasteiger partial charge on any atom is -0.374 e. The van der Waals surface area contributed by atoms with E-state index in [4.69, 9.17) is 10.5 Å². The fraction of sp³-hybridized carbons (Fsp3) is 0.529. The van der Waals surface area contributed by atoms with Crippen molar-refractivity contribution in [2.24, 2.45) is 11.7 Å². The third-order valence-corrected chi connectivity index (χ3v) is 3.77. The summed E-state index contributed by atoms with van der Waals surface area (Å²) in [5.41, 5.74) is 6.08. The molecule has 23 heavy (non-hydrogen) atoms. The quantitative estimate of drug-likeness (QED) is 0.815. The number of rotatable bonds is 6. The summed E-state index contributed by atoms with van der Waals surface area (Å²) < 4.78 is 5.71. The monoisotopic (exact) mass is 319 g/mol. The minimum atomic E-state index is -0.502. The van der Waals surface area contributed by atoms with Gasteiger partial charge >= 0.3 is 0 Å². The van der Waals surface area contributed by atoms with E-state index in [2.05, 4.69) is 24.1 Å². The van der Waals surface area contributed by atoms with Crippen LogP contribution in [0.1, 0.15) is 34.6 Å². The number of amides is 2. The first-order chi connectivity index (χ1) is 11.0. The molecule has 0 spiro atoms. The van der Waals surface area contributed by atoms with Gasteiger partial charge in [0.15, 0.2) is 0 Å². The third kappa shape index (κ3) is 5.33. The van der Waals surface area contributed by atoms with E-state index < -0.39 is 5.91 Å². The average Bonchev–Trinajstić information content (AvgIpc) is 2.52. The Bertz CT molecular complexity index is 543. The first-order valence-electron chi connectivity index (χ1n) is 7.97. The van der Waals surface area contributed by atoms with E-state index >= 15 is 0 Å². The number of morpholine rings is 1. The summed E-state index contributed by atoms with van der Waals surface area (Å²) >= 11 is 0. The molecule has 6 nitrogen and oxygen atoms in total. The molecule has 1 aliphatic heterocycles. The van der Waals surface area contributed by atoms with E-state index in [0.717, 1.165) is 19.6 Å². The van der Waals surface area contributed by atoms with Gasteiger partial charge < -0.3 is 15.8 Å². The molecule has 1 saturated heterocycles. The molecule has 2 rings (SSSR count). The van der Waals surface area contributed by atoms with E-state index in [1.165, 1.54) is 0 Å². The minimum absolute atomic E-state index is 0.0105. The molecule has 3 N–H and O–H groups in total. The van der Waals surface area contributed by atoms with Crippen LogP contribution in [-0.2, 0) is 4.74 Å². The number of hydrogen-bond donors (Lipinski definition) is 2. The van der Waals surface area contributed by atoms with Crippen molar-refractivity contribution in [1.29, 1.82) is 0 Å². The van der Waals surface area contributed by atoms with Crippen molar-refractivity contribution < 1.29 is 14.3 Å². The van der Waals surface area contributed by atoms with E-state index in [-0.39, 0.29) is 12.0 Å². The number of nitrogens with two attached hydrogens (primary N) is 1. The lowest BCUT2D eigenvalue weighted by Gasteiger charge is -2.33. The molecule has 6 heteroatoms. The van der Waals surface area contributed by atoms with E-state index in [9.17, 15) is 9.59 Å². The Labute approximate surface area is 137 Å². The summed E-state index contributed by atoms with van der Waals surface area (Å²) in [5.74, 6) is -0.0597. The maximum absolute atomic E-state index is 12.1. The second-order valence-corrected chi connectivity index (χ2v) is 6.30. The van der Waals surface area contributed by atoms with E-state index in [1.54, 1.807) is 24.3 Å². The SMILES string of the molecule is CC(C)CN1CCOC(CNC(=O)c2ccc(C(N)=O)cc2)C1. The van der Waals surface area contributed by atoms with Crippen LogP contribution in [0.3, 0.4) is 0 Å². The highest BCUT2D eigenvalue weighted by molar-refractivity contribution is 5.97. The zero-order chi connectivity index (χ0) is 16.8. The molecule has 1 heterocycles. The number of nitrogens with one attached hydrogen (secondary N) is 1. The second kappa shape index (κ2) is 8.08. The molecule has 2 amide bonds. The van der Waals surface area contributed by atoms with Crippen LogP contribution in [0.25, 0.3) is 0 Å². The summed E-state index contributed by atoms with van der Waals surface area (Å²) in [5, 5.41) is 2.88. The Hall–Kier alpha value is -1.92. The van der Waals surface area contributed by atoms with Crippen LogP contribution in [-0.4, -0.2) is 55.6 Å². The Balaban J connectivity index is 1.82. The first kappa shape index (κ1) is 17.4.